The fourth-order valence-corrected chi connectivity index (χ4v) is 3.92. The number of halogens is 2. The van der Waals surface area contributed by atoms with Gasteiger partial charge in [-0.05, 0) is 17.7 Å². The summed E-state index contributed by atoms with van der Waals surface area (Å²) >= 11 is 12.7. The maximum atomic E-state index is 12.2. The number of fused-ring (bicyclic) bond motifs is 1. The van der Waals surface area contributed by atoms with Gasteiger partial charge in [0.25, 0.3) is 5.56 Å². The van der Waals surface area contributed by atoms with Gasteiger partial charge in [-0.1, -0.05) is 41.4 Å². The minimum atomic E-state index is -0.384. The number of nitrogens with one attached hydrogen (secondary N) is 1. The van der Waals surface area contributed by atoms with Gasteiger partial charge < -0.3 is 5.73 Å². The molecule has 2 aromatic carbocycles. The van der Waals surface area contributed by atoms with Crippen molar-refractivity contribution >= 4 is 39.7 Å². The van der Waals surface area contributed by atoms with Crippen LogP contribution in [0.5, 0.6) is 0 Å². The lowest BCUT2D eigenvalue weighted by atomic mass is 9.98. The molecule has 0 spiro atoms. The van der Waals surface area contributed by atoms with Gasteiger partial charge in [0.2, 0.25) is 5.69 Å². The van der Waals surface area contributed by atoms with E-state index in [0.717, 1.165) is 11.1 Å². The first-order chi connectivity index (χ1) is 14.0. The van der Waals surface area contributed by atoms with Gasteiger partial charge in [-0.3, -0.25) is 9.48 Å². The molecule has 144 valence electrons. The SMILES string of the molecule is [C-]#[N+]c1c(Cl)cccc1-c1c(-c2cc(Cl)c3c(=O)[nH]nc(CN)c3c2)cnn1C. The Morgan fingerprint density at radius 3 is 2.76 bits per heavy atom. The molecule has 0 aliphatic carbocycles. The van der Waals surface area contributed by atoms with Crippen LogP contribution in [0.3, 0.4) is 0 Å². The molecule has 0 amide bonds. The smallest absolute Gasteiger partial charge is 0.273 e. The lowest BCUT2D eigenvalue weighted by Crippen LogP contribution is -2.13. The molecule has 0 aliphatic heterocycles. The molecule has 3 N–H and O–H groups in total. The fourth-order valence-electron chi connectivity index (χ4n) is 3.40. The topological polar surface area (TPSA) is 93.9 Å². The molecule has 0 atom stereocenters. The Bertz CT molecular complexity index is 1370. The standard InChI is InChI=1S/C20H14Cl2N6O/c1-24-18-11(4-3-5-14(18)21)19-13(9-25-28(19)2)10-6-12-16(8-23)26-27-20(29)17(12)15(22)7-10/h3-7,9H,8,23H2,2H3,(H,27,29). The number of para-hydroxylation sites is 1. The summed E-state index contributed by atoms with van der Waals surface area (Å²) in [7, 11) is 1.79. The maximum absolute atomic E-state index is 12.2. The maximum Gasteiger partial charge on any atom is 0.273 e. The van der Waals surface area contributed by atoms with E-state index in [2.05, 4.69) is 20.1 Å². The summed E-state index contributed by atoms with van der Waals surface area (Å²) in [5.41, 5.74) is 9.11. The normalized spacial score (nSPS) is 11.0. The second-order valence-corrected chi connectivity index (χ2v) is 7.18. The fraction of sp³-hybridized carbons (Fsp3) is 0.100. The van der Waals surface area contributed by atoms with Gasteiger partial charge in [-0.15, -0.1) is 0 Å². The molecule has 0 fully saturated rings. The van der Waals surface area contributed by atoms with E-state index in [-0.39, 0.29) is 17.1 Å². The van der Waals surface area contributed by atoms with Crippen molar-refractivity contribution in [2.45, 2.75) is 6.54 Å². The highest BCUT2D eigenvalue weighted by molar-refractivity contribution is 6.36. The third-order valence-corrected chi connectivity index (χ3v) is 5.32. The summed E-state index contributed by atoms with van der Waals surface area (Å²) in [6, 6.07) is 8.79. The van der Waals surface area contributed by atoms with Crippen molar-refractivity contribution in [2.75, 3.05) is 0 Å². The molecule has 7 nitrogen and oxygen atoms in total. The molecule has 4 rings (SSSR count). The van der Waals surface area contributed by atoms with Crippen LogP contribution in [0, 0.1) is 6.57 Å². The zero-order valence-corrected chi connectivity index (χ0v) is 16.7. The second-order valence-electron chi connectivity index (χ2n) is 6.36. The monoisotopic (exact) mass is 424 g/mol. The molecule has 29 heavy (non-hydrogen) atoms. The molecular formula is C20H14Cl2N6O. The molecule has 0 saturated heterocycles. The number of nitrogens with zero attached hydrogens (tertiary/aromatic N) is 4. The van der Waals surface area contributed by atoms with Crippen molar-refractivity contribution in [1.82, 2.24) is 20.0 Å². The van der Waals surface area contributed by atoms with Gasteiger partial charge >= 0.3 is 0 Å². The summed E-state index contributed by atoms with van der Waals surface area (Å²) in [5, 5.41) is 12.4. The average molecular weight is 425 g/mol. The van der Waals surface area contributed by atoms with Gasteiger partial charge in [-0.25, -0.2) is 9.94 Å². The molecule has 0 aliphatic rings. The van der Waals surface area contributed by atoms with Crippen LogP contribution in [0.2, 0.25) is 10.0 Å². The molecule has 4 aromatic rings. The lowest BCUT2D eigenvalue weighted by molar-refractivity contribution is 0.776. The zero-order chi connectivity index (χ0) is 20.7. The van der Waals surface area contributed by atoms with E-state index in [9.17, 15) is 4.79 Å². The van der Waals surface area contributed by atoms with Gasteiger partial charge in [0.05, 0.1) is 34.6 Å². The molecule has 0 radical (unpaired) electrons. The Morgan fingerprint density at radius 2 is 2.03 bits per heavy atom. The highest BCUT2D eigenvalue weighted by atomic mass is 35.5. The van der Waals surface area contributed by atoms with Crippen LogP contribution < -0.4 is 11.3 Å². The predicted molar refractivity (Wildman–Crippen MR) is 114 cm³/mol. The van der Waals surface area contributed by atoms with Crippen molar-refractivity contribution < 1.29 is 0 Å². The van der Waals surface area contributed by atoms with Crippen LogP contribution >= 0.6 is 23.2 Å². The first-order valence-corrected chi connectivity index (χ1v) is 9.31. The number of hydrogen-bond acceptors (Lipinski definition) is 4. The van der Waals surface area contributed by atoms with E-state index >= 15 is 0 Å². The van der Waals surface area contributed by atoms with Crippen molar-refractivity contribution in [2.24, 2.45) is 12.8 Å². The van der Waals surface area contributed by atoms with Crippen LogP contribution in [0.15, 0.2) is 41.3 Å². The first-order valence-electron chi connectivity index (χ1n) is 8.55. The van der Waals surface area contributed by atoms with Gasteiger partial charge in [0.1, 0.15) is 0 Å². The van der Waals surface area contributed by atoms with Crippen LogP contribution in [0.25, 0.3) is 38.0 Å². The number of aryl methyl sites for hydroxylation is 1. The summed E-state index contributed by atoms with van der Waals surface area (Å²) in [4.78, 5) is 15.8. The number of hydrogen-bond donors (Lipinski definition) is 2. The van der Waals surface area contributed by atoms with Crippen molar-refractivity contribution in [3.63, 3.8) is 0 Å². The molecular weight excluding hydrogens is 411 g/mol. The summed E-state index contributed by atoms with van der Waals surface area (Å²) in [6.45, 7) is 7.66. The van der Waals surface area contributed by atoms with Crippen LogP contribution in [-0.4, -0.2) is 20.0 Å². The molecule has 0 saturated carbocycles. The van der Waals surface area contributed by atoms with Crippen molar-refractivity contribution in [3.05, 3.63) is 74.0 Å². The van der Waals surface area contributed by atoms with Gasteiger partial charge in [0.15, 0.2) is 0 Å². The van der Waals surface area contributed by atoms with Crippen LogP contribution in [0.1, 0.15) is 5.69 Å². The van der Waals surface area contributed by atoms with E-state index in [0.29, 0.717) is 38.4 Å². The lowest BCUT2D eigenvalue weighted by Gasteiger charge is -2.12. The van der Waals surface area contributed by atoms with Gasteiger partial charge in [0, 0.05) is 35.1 Å². The second kappa shape index (κ2) is 7.33. The number of H-pyrrole nitrogens is 1. The Kier molecular flexibility index (Phi) is 4.84. The molecule has 9 heteroatoms. The van der Waals surface area contributed by atoms with Crippen LogP contribution in [-0.2, 0) is 13.6 Å². The third kappa shape index (κ3) is 3.08. The van der Waals surface area contributed by atoms with E-state index in [1.807, 2.05) is 12.1 Å². The molecule has 0 bridgehead atoms. The Morgan fingerprint density at radius 1 is 1.24 bits per heavy atom. The first kappa shape index (κ1) is 19.2. The summed E-state index contributed by atoms with van der Waals surface area (Å²) in [6.07, 6.45) is 1.68. The highest BCUT2D eigenvalue weighted by Gasteiger charge is 2.20. The number of rotatable bonds is 3. The van der Waals surface area contributed by atoms with E-state index < -0.39 is 0 Å². The molecule has 2 heterocycles. The number of aromatic amines is 1. The van der Waals surface area contributed by atoms with Crippen molar-refractivity contribution in [1.29, 1.82) is 0 Å². The Balaban J connectivity index is 2.04. The summed E-state index contributed by atoms with van der Waals surface area (Å²) < 4.78 is 1.67. The summed E-state index contributed by atoms with van der Waals surface area (Å²) in [5.74, 6) is 0. The third-order valence-electron chi connectivity index (χ3n) is 4.72. The van der Waals surface area contributed by atoms with E-state index in [4.69, 9.17) is 35.5 Å². The molecule has 0 unspecified atom stereocenters. The number of nitrogens with two attached hydrogens (primary N) is 1. The Hall–Kier alpha value is -3.18. The largest absolute Gasteiger partial charge is 0.325 e. The highest BCUT2D eigenvalue weighted by Crippen LogP contribution is 2.41. The average Bonchev–Trinajstić information content (AvgIpc) is 3.09. The molecule has 2 aromatic heterocycles. The number of aromatic nitrogens is 4. The van der Waals surface area contributed by atoms with Crippen LogP contribution in [0.4, 0.5) is 5.69 Å². The zero-order valence-electron chi connectivity index (χ0n) is 15.2. The van der Waals surface area contributed by atoms with E-state index in [1.54, 1.807) is 36.1 Å². The number of benzene rings is 2. The quantitative estimate of drug-likeness (QED) is 0.479. The minimum Gasteiger partial charge on any atom is -0.325 e. The van der Waals surface area contributed by atoms with Gasteiger partial charge in [-0.2, -0.15) is 10.2 Å². The minimum absolute atomic E-state index is 0.142. The van der Waals surface area contributed by atoms with E-state index in [1.165, 1.54) is 0 Å². The Labute approximate surface area is 175 Å². The van der Waals surface area contributed by atoms with Crippen molar-refractivity contribution in [3.8, 4) is 22.4 Å². The predicted octanol–water partition coefficient (Wildman–Crippen LogP) is 4.31.